The minimum atomic E-state index is -0.694. The highest BCUT2D eigenvalue weighted by Gasteiger charge is 2.37. The number of fused-ring (bicyclic) bond motifs is 3. The van der Waals surface area contributed by atoms with E-state index in [9.17, 15) is 24.0 Å². The van der Waals surface area contributed by atoms with Crippen LogP contribution in [-0.4, -0.2) is 64.1 Å². The molecule has 5 aromatic rings. The Hall–Kier alpha value is -6.28. The van der Waals surface area contributed by atoms with Gasteiger partial charge in [0.1, 0.15) is 29.3 Å². The van der Waals surface area contributed by atoms with E-state index in [0.717, 1.165) is 21.9 Å². The van der Waals surface area contributed by atoms with Crippen molar-refractivity contribution >= 4 is 74.9 Å². The van der Waals surface area contributed by atoms with Gasteiger partial charge in [-0.05, 0) is 61.5 Å². The van der Waals surface area contributed by atoms with E-state index < -0.39 is 29.5 Å². The Bertz CT molecular complexity index is 2350. The largest absolute Gasteiger partial charge is 0.488 e. The van der Waals surface area contributed by atoms with E-state index in [2.05, 4.69) is 16.0 Å². The Balaban J connectivity index is 1.14. The summed E-state index contributed by atoms with van der Waals surface area (Å²) < 4.78 is 20.0. The van der Waals surface area contributed by atoms with Gasteiger partial charge in [0.25, 0.3) is 5.91 Å². The predicted octanol–water partition coefficient (Wildman–Crippen LogP) is 7.57. The van der Waals surface area contributed by atoms with Gasteiger partial charge in [-0.3, -0.25) is 19.3 Å². The number of alkyl halides is 1. The molecule has 0 spiro atoms. The second-order valence-corrected chi connectivity index (χ2v) is 15.1. The first-order valence-electron chi connectivity index (χ1n) is 18.3. The van der Waals surface area contributed by atoms with Crippen LogP contribution in [0.3, 0.4) is 0 Å². The number of anilines is 4. The van der Waals surface area contributed by atoms with Crippen molar-refractivity contribution in [2.75, 3.05) is 40.4 Å². The number of amides is 4. The molecule has 57 heavy (non-hydrogen) atoms. The second kappa shape index (κ2) is 16.8. The number of carbonyl (C=O) groups is 5. The van der Waals surface area contributed by atoms with E-state index in [-0.39, 0.29) is 48.5 Å². The molecule has 1 aliphatic heterocycles. The van der Waals surface area contributed by atoms with Crippen molar-refractivity contribution in [1.29, 1.82) is 0 Å². The number of ether oxygens (including phenoxy) is 3. The lowest BCUT2D eigenvalue weighted by Gasteiger charge is -2.25. The average Bonchev–Trinajstić information content (AvgIpc) is 3.85. The number of aryl methyl sites for hydroxylation is 2. The fourth-order valence-electron chi connectivity index (χ4n) is 6.68. The monoisotopic (exact) mass is 796 g/mol. The van der Waals surface area contributed by atoms with Gasteiger partial charge in [0.05, 0.1) is 24.2 Å². The molecule has 1 aliphatic rings. The summed E-state index contributed by atoms with van der Waals surface area (Å²) in [5, 5.41) is 9.93. The van der Waals surface area contributed by atoms with Crippen molar-refractivity contribution < 1.29 is 38.2 Å². The van der Waals surface area contributed by atoms with Crippen molar-refractivity contribution in [2.24, 2.45) is 14.1 Å². The summed E-state index contributed by atoms with van der Waals surface area (Å²) in [4.78, 5) is 65.9. The Morgan fingerprint density at radius 3 is 2.07 bits per heavy atom. The molecule has 0 bridgehead atoms. The number of hydrogen-bond donors (Lipinski definition) is 3. The maximum atomic E-state index is 13.4. The third-order valence-electron chi connectivity index (χ3n) is 9.30. The van der Waals surface area contributed by atoms with E-state index >= 15 is 0 Å². The molecule has 0 aliphatic carbocycles. The number of methoxy groups -OCH3 is 1. The van der Waals surface area contributed by atoms with Gasteiger partial charge >= 0.3 is 12.1 Å². The van der Waals surface area contributed by atoms with Crippen molar-refractivity contribution in [2.45, 2.75) is 51.7 Å². The molecule has 6 rings (SSSR count). The maximum absolute atomic E-state index is 13.4. The Labute approximate surface area is 335 Å². The van der Waals surface area contributed by atoms with Crippen molar-refractivity contribution in [1.82, 2.24) is 9.13 Å². The standard InChI is InChI=1S/C42H45ClN6O8/c1-42(2,3)57-41(54)49-21-26(20-43)38-30-13-12-27(16-31(30)35(19-32(38)49)56-24-25-10-8-7-9-11-25)44-36(50)14-15-37(51)45-28-17-33(47(4)22-28)39(52)46-29-18-34(40(53)55-6)48(5)23-29/h7-13,16-19,22-23,26H,14-15,20-21,24H2,1-6H3,(H,44,50)(H,45,51)(H,46,52). The van der Waals surface area contributed by atoms with Crippen LogP contribution in [0.1, 0.15) is 71.6 Å². The van der Waals surface area contributed by atoms with Gasteiger partial charge in [-0.1, -0.05) is 36.4 Å². The molecular weight excluding hydrogens is 752 g/mol. The molecule has 1 unspecified atom stereocenters. The number of nitrogens with zero attached hydrogens (tertiary/aromatic N) is 3. The predicted molar refractivity (Wildman–Crippen MR) is 218 cm³/mol. The molecule has 3 N–H and O–H groups in total. The highest BCUT2D eigenvalue weighted by atomic mass is 35.5. The molecule has 4 amide bonds. The summed E-state index contributed by atoms with van der Waals surface area (Å²) in [6, 6.07) is 20.0. The number of carbonyl (C=O) groups excluding carboxylic acids is 5. The van der Waals surface area contributed by atoms with Crippen LogP contribution in [0.4, 0.5) is 27.5 Å². The van der Waals surface area contributed by atoms with E-state index in [1.807, 2.05) is 69.3 Å². The smallest absolute Gasteiger partial charge is 0.414 e. The molecule has 0 saturated carbocycles. The van der Waals surface area contributed by atoms with Crippen LogP contribution in [0.15, 0.2) is 79.1 Å². The number of halogens is 1. The fraction of sp³-hybridized carbons (Fsp3) is 0.310. The minimum absolute atomic E-state index is 0.110. The van der Waals surface area contributed by atoms with Crippen LogP contribution in [0, 0.1) is 0 Å². The molecule has 3 aromatic carbocycles. The first kappa shape index (κ1) is 40.4. The van der Waals surface area contributed by atoms with Gasteiger partial charge in [-0.25, -0.2) is 9.59 Å². The fourth-order valence-corrected chi connectivity index (χ4v) is 6.93. The van der Waals surface area contributed by atoms with E-state index in [1.165, 1.54) is 23.8 Å². The van der Waals surface area contributed by atoms with Gasteiger partial charge < -0.3 is 39.3 Å². The zero-order valence-corrected chi connectivity index (χ0v) is 33.4. The summed E-state index contributed by atoms with van der Waals surface area (Å²) in [5.41, 5.74) is 3.61. The molecular formula is C42H45ClN6O8. The SMILES string of the molecule is COC(=O)c1cc(NC(=O)c2cc(NC(=O)CCC(=O)Nc3ccc4c5c(cc(OCc6ccccc6)c4c3)N(C(=O)OC(C)(C)C)CC5CCl)cn2C)cn1C. The quantitative estimate of drug-likeness (QED) is 0.0861. The van der Waals surface area contributed by atoms with Crippen molar-refractivity contribution in [3.63, 3.8) is 0 Å². The summed E-state index contributed by atoms with van der Waals surface area (Å²) >= 11 is 6.47. The lowest BCUT2D eigenvalue weighted by Crippen LogP contribution is -2.36. The first-order valence-corrected chi connectivity index (χ1v) is 18.8. The van der Waals surface area contributed by atoms with Crippen LogP contribution in [0.5, 0.6) is 5.75 Å². The zero-order chi connectivity index (χ0) is 41.0. The number of aromatic nitrogens is 2. The molecule has 14 nitrogen and oxygen atoms in total. The van der Waals surface area contributed by atoms with Gasteiger partial charge in [-0.2, -0.15) is 0 Å². The van der Waals surface area contributed by atoms with E-state index in [4.69, 9.17) is 25.8 Å². The number of hydrogen-bond acceptors (Lipinski definition) is 8. The average molecular weight is 797 g/mol. The number of benzene rings is 3. The lowest BCUT2D eigenvalue weighted by molar-refractivity contribution is -0.121. The van der Waals surface area contributed by atoms with Crippen molar-refractivity contribution in [3.05, 3.63) is 102 Å². The van der Waals surface area contributed by atoms with E-state index in [0.29, 0.717) is 35.0 Å². The Morgan fingerprint density at radius 2 is 1.42 bits per heavy atom. The molecule has 0 saturated heterocycles. The highest BCUT2D eigenvalue weighted by molar-refractivity contribution is 6.19. The van der Waals surface area contributed by atoms with Crippen LogP contribution in [-0.2, 0) is 39.8 Å². The van der Waals surface area contributed by atoms with E-state index in [1.54, 1.807) is 42.0 Å². The highest BCUT2D eigenvalue weighted by Crippen LogP contribution is 2.47. The van der Waals surface area contributed by atoms with Crippen molar-refractivity contribution in [3.8, 4) is 5.75 Å². The van der Waals surface area contributed by atoms with Crippen LogP contribution >= 0.6 is 11.6 Å². The van der Waals surface area contributed by atoms with Gasteiger partial charge in [0.2, 0.25) is 11.8 Å². The third-order valence-corrected chi connectivity index (χ3v) is 9.67. The molecule has 298 valence electrons. The number of rotatable bonds is 12. The summed E-state index contributed by atoms with van der Waals surface area (Å²) in [6.07, 6.45) is 2.47. The zero-order valence-electron chi connectivity index (χ0n) is 32.6. The normalized spacial score (nSPS) is 13.5. The maximum Gasteiger partial charge on any atom is 0.414 e. The molecule has 0 fully saturated rings. The van der Waals surface area contributed by atoms with Gasteiger partial charge in [-0.15, -0.1) is 11.6 Å². The lowest BCUT2D eigenvalue weighted by atomic mass is 9.95. The summed E-state index contributed by atoms with van der Waals surface area (Å²) in [6.45, 7) is 6.06. The molecule has 15 heteroatoms. The Morgan fingerprint density at radius 1 is 0.789 bits per heavy atom. The van der Waals surface area contributed by atoms with Gasteiger partial charge in [0, 0.05) is 74.8 Å². The number of nitrogens with one attached hydrogen (secondary N) is 3. The summed E-state index contributed by atoms with van der Waals surface area (Å²) in [7, 11) is 4.59. The molecule has 1 atom stereocenters. The number of esters is 1. The molecule has 3 heterocycles. The van der Waals surface area contributed by atoms with Crippen LogP contribution in [0.25, 0.3) is 10.8 Å². The van der Waals surface area contributed by atoms with Gasteiger partial charge in [0.15, 0.2) is 0 Å². The topological polar surface area (TPSA) is 162 Å². The minimum Gasteiger partial charge on any atom is -0.488 e. The van der Waals surface area contributed by atoms with Crippen LogP contribution in [0.2, 0.25) is 0 Å². The third kappa shape index (κ3) is 9.41. The first-order chi connectivity index (χ1) is 27.1. The molecule has 0 radical (unpaired) electrons. The second-order valence-electron chi connectivity index (χ2n) is 14.8. The Kier molecular flexibility index (Phi) is 11.9. The summed E-state index contributed by atoms with van der Waals surface area (Å²) in [5.74, 6) is -1.17. The van der Waals surface area contributed by atoms with Crippen LogP contribution < -0.4 is 25.6 Å². The molecule has 2 aromatic heterocycles.